The molecular weight excluding hydrogens is 196 g/mol. The zero-order chi connectivity index (χ0) is 9.71. The Labute approximate surface area is 86.8 Å². The van der Waals surface area contributed by atoms with Gasteiger partial charge in [-0.25, -0.2) is 4.79 Å². The molecule has 14 heavy (non-hydrogen) atoms. The van der Waals surface area contributed by atoms with Crippen LogP contribution in [0.25, 0.3) is 0 Å². The maximum Gasteiger partial charge on any atom is 0.326 e. The summed E-state index contributed by atoms with van der Waals surface area (Å²) in [6, 6.07) is 0.459. The Morgan fingerprint density at radius 1 is 1.36 bits per heavy atom. The molecule has 1 fully saturated rings. The van der Waals surface area contributed by atoms with E-state index in [1.165, 1.54) is 11.3 Å². The molecule has 4 heteroatoms. The molecule has 0 unspecified atom stereocenters. The van der Waals surface area contributed by atoms with Crippen LogP contribution in [0.3, 0.4) is 0 Å². The molecular formula is C10H12N2OS. The molecule has 1 aromatic rings. The molecule has 0 aromatic carbocycles. The van der Waals surface area contributed by atoms with Crippen LogP contribution in [0.5, 0.6) is 0 Å². The second-order valence-corrected chi connectivity index (χ2v) is 4.55. The van der Waals surface area contributed by atoms with E-state index in [-0.39, 0.29) is 5.69 Å². The summed E-state index contributed by atoms with van der Waals surface area (Å²) in [5.74, 6) is 0. The van der Waals surface area contributed by atoms with Crippen molar-refractivity contribution < 1.29 is 0 Å². The number of hydrogen-bond acceptors (Lipinski definition) is 2. The van der Waals surface area contributed by atoms with Crippen molar-refractivity contribution in [2.24, 2.45) is 0 Å². The molecule has 0 radical (unpaired) electrons. The van der Waals surface area contributed by atoms with Gasteiger partial charge in [0.05, 0.1) is 0 Å². The summed E-state index contributed by atoms with van der Waals surface area (Å²) in [4.78, 5) is 14.5. The fourth-order valence-corrected chi connectivity index (χ4v) is 2.62. The van der Waals surface area contributed by atoms with Gasteiger partial charge in [0.15, 0.2) is 0 Å². The smallest absolute Gasteiger partial charge is 0.298 e. The Balaban J connectivity index is 2.33. The van der Waals surface area contributed by atoms with E-state index in [9.17, 15) is 4.79 Å². The predicted molar refractivity (Wildman–Crippen MR) is 56.2 cm³/mol. The van der Waals surface area contributed by atoms with Crippen LogP contribution >= 0.6 is 12.2 Å². The summed E-state index contributed by atoms with van der Waals surface area (Å²) in [7, 11) is 0. The third-order valence-electron chi connectivity index (χ3n) is 3.10. The summed E-state index contributed by atoms with van der Waals surface area (Å²) < 4.78 is 2.61. The first-order valence-corrected chi connectivity index (χ1v) is 5.55. The topological polar surface area (TPSA) is 37.8 Å². The van der Waals surface area contributed by atoms with Crippen LogP contribution in [0, 0.1) is 4.64 Å². The van der Waals surface area contributed by atoms with E-state index in [0.29, 0.717) is 10.7 Å². The molecule has 0 bridgehead atoms. The first kappa shape index (κ1) is 8.41. The Morgan fingerprint density at radius 3 is 2.86 bits per heavy atom. The van der Waals surface area contributed by atoms with E-state index in [2.05, 4.69) is 4.98 Å². The summed E-state index contributed by atoms with van der Waals surface area (Å²) in [6.07, 6.45) is 5.51. The molecule has 1 N–H and O–H groups in total. The molecule has 0 atom stereocenters. The summed E-state index contributed by atoms with van der Waals surface area (Å²) >= 11 is 5.16. The van der Waals surface area contributed by atoms with E-state index < -0.39 is 0 Å². The number of nitrogens with zero attached hydrogens (tertiary/aromatic N) is 1. The first-order chi connectivity index (χ1) is 6.77. The van der Waals surface area contributed by atoms with E-state index in [0.717, 1.165) is 32.1 Å². The lowest BCUT2D eigenvalue weighted by Gasteiger charge is -2.09. The van der Waals surface area contributed by atoms with Crippen molar-refractivity contribution in [3.63, 3.8) is 0 Å². The highest BCUT2D eigenvalue weighted by molar-refractivity contribution is 7.71. The Bertz CT molecular complexity index is 496. The van der Waals surface area contributed by atoms with Gasteiger partial charge in [-0.1, -0.05) is 12.2 Å². The normalized spacial score (nSPS) is 19.7. The Morgan fingerprint density at radius 2 is 2.14 bits per heavy atom. The molecule has 1 heterocycles. The van der Waals surface area contributed by atoms with Gasteiger partial charge in [0.2, 0.25) is 0 Å². The van der Waals surface area contributed by atoms with Crippen molar-refractivity contribution in [3.05, 3.63) is 26.4 Å². The highest BCUT2D eigenvalue weighted by Crippen LogP contribution is 2.36. The lowest BCUT2D eigenvalue weighted by Crippen LogP contribution is -2.25. The minimum Gasteiger partial charge on any atom is -0.298 e. The Hall–Kier alpha value is -0.900. The highest BCUT2D eigenvalue weighted by atomic mass is 32.1. The largest absolute Gasteiger partial charge is 0.326 e. The van der Waals surface area contributed by atoms with Gasteiger partial charge in [0.1, 0.15) is 4.64 Å². The van der Waals surface area contributed by atoms with Crippen LogP contribution in [0.2, 0.25) is 0 Å². The molecule has 2 aliphatic rings. The van der Waals surface area contributed by atoms with Crippen molar-refractivity contribution in [3.8, 4) is 0 Å². The maximum absolute atomic E-state index is 11.7. The van der Waals surface area contributed by atoms with E-state index >= 15 is 0 Å². The SMILES string of the molecule is O=c1[nH]c(=S)c2c(n1C1CC1)CCC2. The zero-order valence-electron chi connectivity index (χ0n) is 7.88. The number of rotatable bonds is 1. The molecule has 2 aliphatic carbocycles. The molecule has 0 amide bonds. The number of nitrogens with one attached hydrogen (secondary N) is 1. The van der Waals surface area contributed by atoms with Crippen LogP contribution < -0.4 is 5.69 Å². The van der Waals surface area contributed by atoms with E-state index in [1.807, 2.05) is 4.57 Å². The number of H-pyrrole nitrogens is 1. The predicted octanol–water partition coefficient (Wildman–Crippen LogP) is 1.73. The quantitative estimate of drug-likeness (QED) is 0.714. The van der Waals surface area contributed by atoms with Crippen molar-refractivity contribution in [2.45, 2.75) is 38.1 Å². The van der Waals surface area contributed by atoms with Gasteiger partial charge in [0.25, 0.3) is 0 Å². The first-order valence-electron chi connectivity index (χ1n) is 5.14. The molecule has 1 aromatic heterocycles. The van der Waals surface area contributed by atoms with Crippen molar-refractivity contribution in [1.29, 1.82) is 0 Å². The van der Waals surface area contributed by atoms with Crippen LogP contribution in [0.1, 0.15) is 36.6 Å². The Kier molecular flexibility index (Phi) is 1.68. The standard InChI is InChI=1S/C10H12N2OS/c13-10-11-9(14)7-2-1-3-8(7)12(10)6-4-5-6/h6H,1-5H2,(H,11,13,14). The average molecular weight is 208 g/mol. The van der Waals surface area contributed by atoms with Crippen molar-refractivity contribution in [1.82, 2.24) is 9.55 Å². The van der Waals surface area contributed by atoms with Crippen LogP contribution in [0.4, 0.5) is 0 Å². The van der Waals surface area contributed by atoms with Gasteiger partial charge >= 0.3 is 5.69 Å². The average Bonchev–Trinajstić information content (AvgIpc) is 2.81. The molecule has 0 aliphatic heterocycles. The third-order valence-corrected chi connectivity index (χ3v) is 3.45. The highest BCUT2D eigenvalue weighted by Gasteiger charge is 2.29. The van der Waals surface area contributed by atoms with Gasteiger partial charge in [0, 0.05) is 17.3 Å². The van der Waals surface area contributed by atoms with Crippen molar-refractivity contribution in [2.75, 3.05) is 0 Å². The maximum atomic E-state index is 11.7. The summed E-state index contributed by atoms with van der Waals surface area (Å²) in [5, 5.41) is 0. The van der Waals surface area contributed by atoms with Crippen LogP contribution in [-0.2, 0) is 12.8 Å². The van der Waals surface area contributed by atoms with Crippen LogP contribution in [0.15, 0.2) is 4.79 Å². The second-order valence-electron chi connectivity index (χ2n) is 4.14. The zero-order valence-corrected chi connectivity index (χ0v) is 8.69. The summed E-state index contributed by atoms with van der Waals surface area (Å²) in [6.45, 7) is 0. The lowest BCUT2D eigenvalue weighted by molar-refractivity contribution is 0.640. The minimum absolute atomic E-state index is 0.00171. The van der Waals surface area contributed by atoms with Gasteiger partial charge in [-0.15, -0.1) is 0 Å². The fraction of sp³-hybridized carbons (Fsp3) is 0.600. The van der Waals surface area contributed by atoms with Crippen LogP contribution in [-0.4, -0.2) is 9.55 Å². The van der Waals surface area contributed by atoms with E-state index in [1.54, 1.807) is 0 Å². The van der Waals surface area contributed by atoms with Gasteiger partial charge in [-0.05, 0) is 32.1 Å². The van der Waals surface area contributed by atoms with Gasteiger partial charge in [-0.3, -0.25) is 9.55 Å². The molecule has 3 rings (SSSR count). The second kappa shape index (κ2) is 2.79. The molecule has 0 spiro atoms. The van der Waals surface area contributed by atoms with E-state index in [4.69, 9.17) is 12.2 Å². The van der Waals surface area contributed by atoms with Crippen molar-refractivity contribution >= 4 is 12.2 Å². The number of fused-ring (bicyclic) bond motifs is 1. The fourth-order valence-electron chi connectivity index (χ4n) is 2.31. The molecule has 3 nitrogen and oxygen atoms in total. The minimum atomic E-state index is -0.00171. The lowest BCUT2D eigenvalue weighted by atomic mass is 10.2. The number of aromatic amines is 1. The number of hydrogen-bond donors (Lipinski definition) is 1. The molecule has 74 valence electrons. The number of aromatic nitrogens is 2. The molecule has 0 saturated heterocycles. The van der Waals surface area contributed by atoms with Gasteiger partial charge < -0.3 is 0 Å². The molecule has 1 saturated carbocycles. The van der Waals surface area contributed by atoms with Gasteiger partial charge in [-0.2, -0.15) is 0 Å². The third kappa shape index (κ3) is 1.10. The summed E-state index contributed by atoms with van der Waals surface area (Å²) in [5.41, 5.74) is 2.42. The monoisotopic (exact) mass is 208 g/mol.